The summed E-state index contributed by atoms with van der Waals surface area (Å²) in [5.74, 6) is -0.209. The van der Waals surface area contributed by atoms with Crippen LogP contribution in [-0.2, 0) is 27.5 Å². The number of benzene rings is 2. The van der Waals surface area contributed by atoms with E-state index in [2.05, 4.69) is 16.7 Å². The first-order valence-corrected chi connectivity index (χ1v) is 10.3. The molecule has 5 nitrogen and oxygen atoms in total. The van der Waals surface area contributed by atoms with Gasteiger partial charge >= 0.3 is 0 Å². The van der Waals surface area contributed by atoms with Crippen LogP contribution in [0.15, 0.2) is 47.4 Å². The average Bonchev–Trinajstić information content (AvgIpc) is 2.59. The molecule has 0 aromatic heterocycles. The molecule has 0 radical (unpaired) electrons. The molecule has 0 saturated heterocycles. The Balaban J connectivity index is 1.64. The molecular weight excluding hydrogens is 336 g/mol. The predicted octanol–water partition coefficient (Wildman–Crippen LogP) is 3.02. The quantitative estimate of drug-likeness (QED) is 0.861. The van der Waals surface area contributed by atoms with E-state index in [9.17, 15) is 13.2 Å². The van der Waals surface area contributed by atoms with Crippen LogP contribution in [0.25, 0.3) is 0 Å². The highest BCUT2D eigenvalue weighted by Crippen LogP contribution is 2.27. The molecule has 132 valence electrons. The first-order valence-electron chi connectivity index (χ1n) is 8.38. The average molecular weight is 358 g/mol. The van der Waals surface area contributed by atoms with Crippen molar-refractivity contribution in [3.05, 3.63) is 53.6 Å². The van der Waals surface area contributed by atoms with Gasteiger partial charge in [-0.05, 0) is 61.1 Å². The number of aryl methyl sites for hydroxylation is 1. The van der Waals surface area contributed by atoms with Gasteiger partial charge in [-0.1, -0.05) is 18.2 Å². The summed E-state index contributed by atoms with van der Waals surface area (Å²) in [6, 6.07) is 12.4. The molecule has 0 saturated carbocycles. The van der Waals surface area contributed by atoms with E-state index in [0.717, 1.165) is 24.8 Å². The lowest BCUT2D eigenvalue weighted by Gasteiger charge is -2.20. The lowest BCUT2D eigenvalue weighted by atomic mass is 9.90. The van der Waals surface area contributed by atoms with Crippen molar-refractivity contribution < 1.29 is 13.2 Å². The van der Waals surface area contributed by atoms with E-state index in [-0.39, 0.29) is 17.3 Å². The normalized spacial score (nSPS) is 13.8. The maximum absolute atomic E-state index is 12.2. The van der Waals surface area contributed by atoms with Crippen molar-refractivity contribution in [3.63, 3.8) is 0 Å². The Bertz CT molecular complexity index is 891. The summed E-state index contributed by atoms with van der Waals surface area (Å²) in [4.78, 5) is 12.4. The third-order valence-corrected chi connectivity index (χ3v) is 5.49. The van der Waals surface area contributed by atoms with Crippen LogP contribution in [0.3, 0.4) is 0 Å². The van der Waals surface area contributed by atoms with Gasteiger partial charge in [0, 0.05) is 17.6 Å². The molecule has 2 N–H and O–H groups in total. The van der Waals surface area contributed by atoms with Gasteiger partial charge in [0.25, 0.3) is 0 Å². The molecule has 0 fully saturated rings. The zero-order valence-electron chi connectivity index (χ0n) is 14.2. The van der Waals surface area contributed by atoms with E-state index >= 15 is 0 Å². The first-order chi connectivity index (χ1) is 11.9. The van der Waals surface area contributed by atoms with Crippen molar-refractivity contribution in [2.24, 2.45) is 0 Å². The van der Waals surface area contributed by atoms with Crippen molar-refractivity contribution in [2.75, 3.05) is 23.4 Å². The Hall–Kier alpha value is -2.34. The smallest absolute Gasteiger partial charge is 0.243 e. The summed E-state index contributed by atoms with van der Waals surface area (Å²) < 4.78 is 23.2. The van der Waals surface area contributed by atoms with Gasteiger partial charge in [-0.15, -0.1) is 0 Å². The Morgan fingerprint density at radius 2 is 1.84 bits per heavy atom. The Morgan fingerprint density at radius 1 is 1.08 bits per heavy atom. The zero-order valence-corrected chi connectivity index (χ0v) is 15.0. The largest absolute Gasteiger partial charge is 0.376 e. The summed E-state index contributed by atoms with van der Waals surface area (Å²) >= 11 is 0. The molecule has 6 heteroatoms. The number of hydrogen-bond acceptors (Lipinski definition) is 4. The van der Waals surface area contributed by atoms with Crippen LogP contribution in [0.5, 0.6) is 0 Å². The molecule has 0 bridgehead atoms. The molecular formula is C19H22N2O3S. The molecule has 0 heterocycles. The number of rotatable bonds is 5. The second-order valence-electron chi connectivity index (χ2n) is 6.35. The van der Waals surface area contributed by atoms with Gasteiger partial charge < -0.3 is 10.6 Å². The van der Waals surface area contributed by atoms with E-state index in [4.69, 9.17) is 0 Å². The molecule has 0 spiro atoms. The summed E-state index contributed by atoms with van der Waals surface area (Å²) in [5.41, 5.74) is 4.15. The number of carbonyl (C=O) groups excluding carboxylic acids is 1. The fourth-order valence-corrected chi connectivity index (χ4v) is 3.80. The molecule has 2 aromatic carbocycles. The maximum atomic E-state index is 12.2. The van der Waals surface area contributed by atoms with Crippen LogP contribution in [-0.4, -0.2) is 27.1 Å². The summed E-state index contributed by atoms with van der Waals surface area (Å²) in [7, 11) is -3.29. The van der Waals surface area contributed by atoms with E-state index in [1.807, 2.05) is 12.1 Å². The molecule has 2 aromatic rings. The summed E-state index contributed by atoms with van der Waals surface area (Å²) in [5, 5.41) is 5.95. The van der Waals surface area contributed by atoms with Gasteiger partial charge in [0.05, 0.1) is 11.4 Å². The van der Waals surface area contributed by atoms with Gasteiger partial charge in [0.2, 0.25) is 5.91 Å². The number of hydrogen-bond donors (Lipinski definition) is 2. The first kappa shape index (κ1) is 17.5. The number of fused-ring (bicyclic) bond motifs is 1. The van der Waals surface area contributed by atoms with Crippen molar-refractivity contribution in [1.82, 2.24) is 0 Å². The van der Waals surface area contributed by atoms with Crippen molar-refractivity contribution in [2.45, 2.75) is 30.6 Å². The lowest BCUT2D eigenvalue weighted by molar-refractivity contribution is -0.114. The molecule has 0 unspecified atom stereocenters. The number of amides is 1. The minimum absolute atomic E-state index is 0.138. The third-order valence-electron chi connectivity index (χ3n) is 4.38. The van der Waals surface area contributed by atoms with Crippen LogP contribution in [0.2, 0.25) is 0 Å². The Morgan fingerprint density at radius 3 is 2.64 bits per heavy atom. The summed E-state index contributed by atoms with van der Waals surface area (Å²) in [6.45, 7) is 0.138. The zero-order chi connectivity index (χ0) is 17.9. The molecule has 0 atom stereocenters. The van der Waals surface area contributed by atoms with Gasteiger partial charge in [0.15, 0.2) is 9.84 Å². The number of anilines is 2. The van der Waals surface area contributed by atoms with Crippen molar-refractivity contribution in [1.29, 1.82) is 0 Å². The Kier molecular flexibility index (Phi) is 5.08. The highest BCUT2D eigenvalue weighted by atomic mass is 32.2. The third kappa shape index (κ3) is 4.39. The molecule has 1 aliphatic rings. The van der Waals surface area contributed by atoms with Gasteiger partial charge in [-0.2, -0.15) is 0 Å². The minimum Gasteiger partial charge on any atom is -0.376 e. The standard InChI is InChI=1S/C19H22N2O3S/c1-25(23,24)16-9-5-8-15(12-16)21-19(22)13-20-18-11-4-7-14-6-2-3-10-17(14)18/h4-5,7-9,11-12,20H,2-3,6,10,13H2,1H3,(H,21,22). The second kappa shape index (κ2) is 7.27. The van der Waals surface area contributed by atoms with Crippen LogP contribution in [0.1, 0.15) is 24.0 Å². The predicted molar refractivity (Wildman–Crippen MR) is 99.8 cm³/mol. The van der Waals surface area contributed by atoms with Crippen molar-refractivity contribution >= 4 is 27.1 Å². The van der Waals surface area contributed by atoms with Crippen molar-refractivity contribution in [3.8, 4) is 0 Å². The van der Waals surface area contributed by atoms with E-state index in [1.165, 1.54) is 36.1 Å². The lowest BCUT2D eigenvalue weighted by Crippen LogP contribution is -2.22. The number of sulfone groups is 1. The maximum Gasteiger partial charge on any atom is 0.243 e. The highest BCUT2D eigenvalue weighted by Gasteiger charge is 2.14. The summed E-state index contributed by atoms with van der Waals surface area (Å²) in [6.07, 6.45) is 5.67. The van der Waals surface area contributed by atoms with Gasteiger partial charge in [-0.25, -0.2) is 8.42 Å². The second-order valence-corrected chi connectivity index (χ2v) is 8.37. The Labute approximate surface area is 148 Å². The van der Waals surface area contributed by atoms with Crippen LogP contribution >= 0.6 is 0 Å². The van der Waals surface area contributed by atoms with Crippen LogP contribution < -0.4 is 10.6 Å². The SMILES string of the molecule is CS(=O)(=O)c1cccc(NC(=O)CNc2cccc3c2CCCC3)c1. The number of carbonyl (C=O) groups is 1. The topological polar surface area (TPSA) is 75.3 Å². The van der Waals surface area contributed by atoms with Crippen LogP contribution in [0.4, 0.5) is 11.4 Å². The minimum atomic E-state index is -3.29. The van der Waals surface area contributed by atoms with Crippen LogP contribution in [0, 0.1) is 0 Å². The van der Waals surface area contributed by atoms with E-state index < -0.39 is 9.84 Å². The van der Waals surface area contributed by atoms with Gasteiger partial charge in [0.1, 0.15) is 0 Å². The molecule has 1 amide bonds. The number of nitrogens with one attached hydrogen (secondary N) is 2. The molecule has 25 heavy (non-hydrogen) atoms. The van der Waals surface area contributed by atoms with E-state index in [1.54, 1.807) is 12.1 Å². The fraction of sp³-hybridized carbons (Fsp3) is 0.316. The molecule has 3 rings (SSSR count). The fourth-order valence-electron chi connectivity index (χ4n) is 3.13. The van der Waals surface area contributed by atoms with Gasteiger partial charge in [-0.3, -0.25) is 4.79 Å². The van der Waals surface area contributed by atoms with E-state index in [0.29, 0.717) is 5.69 Å². The highest BCUT2D eigenvalue weighted by molar-refractivity contribution is 7.90. The monoisotopic (exact) mass is 358 g/mol. The molecule has 0 aliphatic heterocycles. The molecule has 1 aliphatic carbocycles.